The number of nitrogens with two attached hydrogens (primary N) is 1. The van der Waals surface area contributed by atoms with E-state index in [0.29, 0.717) is 127 Å². The van der Waals surface area contributed by atoms with Gasteiger partial charge in [0, 0.05) is 94.0 Å². The van der Waals surface area contributed by atoms with Crippen LogP contribution in [-0.4, -0.2) is 165 Å². The van der Waals surface area contributed by atoms with Crippen molar-refractivity contribution in [2.45, 2.75) is 77.0 Å². The number of hydrogen-bond donors (Lipinski definition) is 3. The number of aliphatic hydroxyl groups is 1. The van der Waals surface area contributed by atoms with Gasteiger partial charge in [-0.15, -0.1) is 0 Å². The van der Waals surface area contributed by atoms with Crippen LogP contribution in [0.25, 0.3) is 27.9 Å². The number of piperidine rings is 2. The van der Waals surface area contributed by atoms with E-state index in [-0.39, 0.29) is 30.2 Å². The Morgan fingerprint density at radius 2 is 1.63 bits per heavy atom. The average molecular weight is 1080 g/mol. The Morgan fingerprint density at radius 1 is 0.873 bits per heavy atom. The third kappa shape index (κ3) is 15.1. The molecule has 420 valence electrons. The molecule has 79 heavy (non-hydrogen) atoms. The SMILES string of the molecule is CCc1cnn2c(NCc3ccc(=O)n(CCOCCOCCOCCOCCN(C)C/C=C/C(=O)N4CCC[C@@H](n5nc(-c6ccc(Oc7ccccc7)cc6)c6c(N)ncnc65)C4)c3)cc(N3CCCC[C@H]3CCO)nc12. The van der Waals surface area contributed by atoms with Crippen LogP contribution in [0.3, 0.4) is 0 Å². The standard InChI is InChI=1S/C58H75N13O8/c1-3-44-39-63-71-50(37-51(64-57(44)71)69-25-8-7-11-46(69)22-28-72)60-38-43-16-21-53(74)68(40-43)27-30-76-32-34-78-36-35-77-33-31-75-29-26-66(2)23-10-15-52(73)67-24-9-12-47(41-67)70-58-54(56(59)61-42-62-58)55(65-70)45-17-19-49(20-18-45)79-48-13-5-4-6-14-48/h4-6,10,13-21,37,39-40,42,46-47,60,72H,3,7-9,11-12,22-36,38,41H2,1-2H3,(H2,59,61,62)/b15-10+/t46-,47+/m0/s1. The van der Waals surface area contributed by atoms with Gasteiger partial charge in [-0.2, -0.15) is 14.7 Å². The summed E-state index contributed by atoms with van der Waals surface area (Å²) in [6.45, 7) is 10.0. The number of amides is 1. The second kappa shape index (κ2) is 28.6. The molecule has 7 aromatic rings. The zero-order valence-electron chi connectivity index (χ0n) is 45.5. The molecule has 2 aliphatic heterocycles. The topological polar surface area (TPSA) is 227 Å². The van der Waals surface area contributed by atoms with Gasteiger partial charge in [0.25, 0.3) is 5.56 Å². The average Bonchev–Trinajstić information content (AvgIpc) is 4.31. The molecule has 0 radical (unpaired) electrons. The molecule has 1 amide bonds. The van der Waals surface area contributed by atoms with E-state index < -0.39 is 0 Å². The van der Waals surface area contributed by atoms with Crippen LogP contribution in [0, 0.1) is 0 Å². The van der Waals surface area contributed by atoms with Crippen molar-refractivity contribution < 1.29 is 33.6 Å². The number of nitrogens with one attached hydrogen (secondary N) is 1. The lowest BCUT2D eigenvalue weighted by Crippen LogP contribution is -2.40. The molecule has 21 heteroatoms. The van der Waals surface area contributed by atoms with Crippen LogP contribution in [0.5, 0.6) is 11.5 Å². The van der Waals surface area contributed by atoms with Crippen LogP contribution in [0.4, 0.5) is 17.5 Å². The van der Waals surface area contributed by atoms with Crippen LogP contribution in [-0.2, 0) is 43.3 Å². The Labute approximate surface area is 460 Å². The molecule has 2 saturated heterocycles. The Balaban J connectivity index is 0.619. The van der Waals surface area contributed by atoms with Crippen molar-refractivity contribution in [2.24, 2.45) is 0 Å². The molecule has 7 heterocycles. The first kappa shape index (κ1) is 56.5. The number of likely N-dealkylation sites (N-methyl/N-ethyl adjacent to an activating group) is 1. The van der Waals surface area contributed by atoms with Crippen molar-refractivity contribution in [3.05, 3.63) is 125 Å². The van der Waals surface area contributed by atoms with E-state index in [1.54, 1.807) is 16.7 Å². The summed E-state index contributed by atoms with van der Waals surface area (Å²) in [5.41, 5.74) is 11.4. The summed E-state index contributed by atoms with van der Waals surface area (Å²) < 4.78 is 34.4. The molecule has 2 fully saturated rings. The fraction of sp³-hybridized carbons (Fsp3) is 0.466. The monoisotopic (exact) mass is 1080 g/mol. The molecule has 21 nitrogen and oxygen atoms in total. The molecular weight excluding hydrogens is 1010 g/mol. The lowest BCUT2D eigenvalue weighted by molar-refractivity contribution is -0.127. The highest BCUT2D eigenvalue weighted by molar-refractivity contribution is 5.98. The van der Waals surface area contributed by atoms with Crippen molar-refractivity contribution >= 4 is 40.0 Å². The van der Waals surface area contributed by atoms with Crippen molar-refractivity contribution in [1.29, 1.82) is 0 Å². The van der Waals surface area contributed by atoms with Gasteiger partial charge in [0.2, 0.25) is 5.91 Å². The molecule has 0 saturated carbocycles. The molecule has 0 spiro atoms. The largest absolute Gasteiger partial charge is 0.457 e. The Kier molecular flexibility index (Phi) is 20.4. The van der Waals surface area contributed by atoms with Crippen molar-refractivity contribution in [1.82, 2.24) is 48.7 Å². The number of ether oxygens (including phenoxy) is 5. The van der Waals surface area contributed by atoms with E-state index in [0.717, 1.165) is 84.8 Å². The maximum absolute atomic E-state index is 13.4. The molecular formula is C58H75N13O8. The third-order valence-corrected chi connectivity index (χ3v) is 14.4. The molecule has 0 unspecified atom stereocenters. The van der Waals surface area contributed by atoms with Gasteiger partial charge < -0.3 is 59.1 Å². The number of aromatic nitrogens is 8. The molecule has 0 bridgehead atoms. The van der Waals surface area contributed by atoms with E-state index in [1.165, 1.54) is 6.33 Å². The van der Waals surface area contributed by atoms with Gasteiger partial charge in [0.05, 0.1) is 70.5 Å². The van der Waals surface area contributed by atoms with E-state index in [2.05, 4.69) is 37.1 Å². The van der Waals surface area contributed by atoms with Crippen molar-refractivity contribution in [3.63, 3.8) is 0 Å². The lowest BCUT2D eigenvalue weighted by Gasteiger charge is -2.36. The first-order chi connectivity index (χ1) is 38.8. The van der Waals surface area contributed by atoms with Crippen LogP contribution < -0.4 is 26.2 Å². The number of benzene rings is 2. The van der Waals surface area contributed by atoms with Crippen LogP contribution in [0.15, 0.2) is 108 Å². The zero-order valence-corrected chi connectivity index (χ0v) is 45.5. The van der Waals surface area contributed by atoms with Crippen molar-refractivity contribution in [2.75, 3.05) is 115 Å². The smallest absolute Gasteiger partial charge is 0.250 e. The van der Waals surface area contributed by atoms with Gasteiger partial charge in [0.15, 0.2) is 11.3 Å². The van der Waals surface area contributed by atoms with Crippen LogP contribution in [0.1, 0.15) is 62.6 Å². The second-order valence-corrected chi connectivity index (χ2v) is 19.9. The van der Waals surface area contributed by atoms with E-state index in [9.17, 15) is 14.7 Å². The molecule has 0 aliphatic carbocycles. The first-order valence-corrected chi connectivity index (χ1v) is 27.7. The summed E-state index contributed by atoms with van der Waals surface area (Å²) in [4.78, 5) is 46.4. The summed E-state index contributed by atoms with van der Waals surface area (Å²) in [6.07, 6.45) is 15.2. The number of aliphatic hydroxyl groups excluding tert-OH is 1. The Bertz CT molecular complexity index is 3130. The number of likely N-dealkylation sites (tertiary alicyclic amines) is 1. The number of carbonyl (C=O) groups excluding carboxylic acids is 1. The van der Waals surface area contributed by atoms with Gasteiger partial charge in [-0.25, -0.2) is 19.6 Å². The highest BCUT2D eigenvalue weighted by Gasteiger charge is 2.29. The van der Waals surface area contributed by atoms with Gasteiger partial charge in [-0.05, 0) is 94.0 Å². The first-order valence-electron chi connectivity index (χ1n) is 27.7. The van der Waals surface area contributed by atoms with Gasteiger partial charge in [-0.1, -0.05) is 37.3 Å². The number of pyridine rings is 1. The predicted octanol–water partition coefficient (Wildman–Crippen LogP) is 6.41. The third-order valence-electron chi connectivity index (χ3n) is 14.4. The fourth-order valence-electron chi connectivity index (χ4n) is 10.1. The number of nitrogens with zero attached hydrogens (tertiary/aromatic N) is 11. The lowest BCUT2D eigenvalue weighted by atomic mass is 9.99. The Morgan fingerprint density at radius 3 is 2.41 bits per heavy atom. The number of rotatable bonds is 29. The summed E-state index contributed by atoms with van der Waals surface area (Å²) >= 11 is 0. The normalized spacial score (nSPS) is 16.0. The Hall–Kier alpha value is -7.27. The van der Waals surface area contributed by atoms with Gasteiger partial charge >= 0.3 is 0 Å². The molecule has 4 N–H and O–H groups in total. The molecule has 2 atom stereocenters. The summed E-state index contributed by atoms with van der Waals surface area (Å²) in [5, 5.41) is 23.7. The maximum atomic E-state index is 13.4. The van der Waals surface area contributed by atoms with E-state index in [1.807, 2.05) is 106 Å². The number of anilines is 3. The highest BCUT2D eigenvalue weighted by atomic mass is 16.6. The maximum Gasteiger partial charge on any atom is 0.250 e. The number of fused-ring (bicyclic) bond motifs is 2. The minimum absolute atomic E-state index is 0.0375. The number of carbonyl (C=O) groups is 1. The van der Waals surface area contributed by atoms with Crippen LogP contribution >= 0.6 is 0 Å². The van der Waals surface area contributed by atoms with E-state index in [4.69, 9.17) is 39.5 Å². The molecule has 2 aliphatic rings. The van der Waals surface area contributed by atoms with Crippen molar-refractivity contribution in [3.8, 4) is 22.8 Å². The van der Waals surface area contributed by atoms with Gasteiger partial charge in [0.1, 0.15) is 41.0 Å². The fourth-order valence-corrected chi connectivity index (χ4v) is 10.1. The molecule has 5 aromatic heterocycles. The van der Waals surface area contributed by atoms with E-state index >= 15 is 0 Å². The quantitative estimate of drug-likeness (QED) is 0.0340. The van der Waals surface area contributed by atoms with Crippen LogP contribution in [0.2, 0.25) is 0 Å². The summed E-state index contributed by atoms with van der Waals surface area (Å²) in [6, 6.07) is 23.0. The number of hydrogen-bond acceptors (Lipinski definition) is 17. The number of nitrogen functional groups attached to an aromatic ring is 1. The summed E-state index contributed by atoms with van der Waals surface area (Å²) in [7, 11) is 1.99. The highest BCUT2D eigenvalue weighted by Crippen LogP contribution is 2.35. The number of aryl methyl sites for hydroxylation is 1. The predicted molar refractivity (Wildman–Crippen MR) is 304 cm³/mol. The number of para-hydroxylation sites is 1. The molecule has 2 aromatic carbocycles. The molecule has 9 rings (SSSR count). The van der Waals surface area contributed by atoms with Gasteiger partial charge in [-0.3, -0.25) is 9.59 Å². The minimum Gasteiger partial charge on any atom is -0.457 e. The zero-order chi connectivity index (χ0) is 54.8. The second-order valence-electron chi connectivity index (χ2n) is 19.9. The minimum atomic E-state index is -0.0937. The summed E-state index contributed by atoms with van der Waals surface area (Å²) in [5.74, 6) is 3.49.